The average molecular weight is 580 g/mol. The molecule has 0 saturated heterocycles. The molecule has 1 heterocycles. The number of halogens is 1. The highest BCUT2D eigenvalue weighted by atomic mass is 79.9. The molecule has 0 aliphatic rings. The Hall–Kier alpha value is -4.45. The van der Waals surface area contributed by atoms with E-state index in [4.69, 9.17) is 4.74 Å². The van der Waals surface area contributed by atoms with Crippen LogP contribution < -0.4 is 10.3 Å². The first-order chi connectivity index (χ1) is 18.2. The second kappa shape index (κ2) is 11.3. The molecule has 0 aliphatic heterocycles. The van der Waals surface area contributed by atoms with Gasteiger partial charge >= 0.3 is 5.69 Å². The summed E-state index contributed by atoms with van der Waals surface area (Å²) >= 11 is 3.38. The van der Waals surface area contributed by atoms with Gasteiger partial charge in [0.2, 0.25) is 5.75 Å². The van der Waals surface area contributed by atoms with Gasteiger partial charge in [0.05, 0.1) is 27.0 Å². The van der Waals surface area contributed by atoms with E-state index < -0.39 is 9.85 Å². The molecule has 194 valence electrons. The largest absolute Gasteiger partial charge is 0.481 e. The van der Waals surface area contributed by atoms with E-state index >= 15 is 0 Å². The molecular weight excluding hydrogens is 558 g/mol. The first kappa shape index (κ1) is 26.6. The minimum Gasteiger partial charge on any atom is -0.481 e. The Kier molecular flexibility index (Phi) is 7.91. The van der Waals surface area contributed by atoms with Crippen LogP contribution in [0.3, 0.4) is 0 Å². The van der Waals surface area contributed by atoms with Crippen LogP contribution in [0.15, 0.2) is 75.0 Å². The summed E-state index contributed by atoms with van der Waals surface area (Å²) in [5.74, 6) is 0.276. The second-order valence-electron chi connectivity index (χ2n) is 8.47. The molecule has 1 aromatic heterocycles. The summed E-state index contributed by atoms with van der Waals surface area (Å²) in [4.78, 5) is 39.8. The summed E-state index contributed by atoms with van der Waals surface area (Å²) in [7, 11) is 0. The van der Waals surface area contributed by atoms with E-state index in [9.17, 15) is 25.0 Å². The second-order valence-corrected chi connectivity index (χ2v) is 9.39. The molecule has 0 amide bonds. The Labute approximate surface area is 224 Å². The van der Waals surface area contributed by atoms with Crippen LogP contribution in [0.5, 0.6) is 5.75 Å². The van der Waals surface area contributed by atoms with Crippen molar-refractivity contribution in [3.8, 4) is 5.75 Å². The lowest BCUT2D eigenvalue weighted by atomic mass is 10.1. The smallest absolute Gasteiger partial charge is 0.311 e. The molecule has 4 aromatic rings. The molecule has 12 heteroatoms. The van der Waals surface area contributed by atoms with Gasteiger partial charge in [-0.3, -0.25) is 25.0 Å². The predicted molar refractivity (Wildman–Crippen MR) is 146 cm³/mol. The minimum absolute atomic E-state index is 0.0811. The van der Waals surface area contributed by atoms with Crippen molar-refractivity contribution >= 4 is 44.4 Å². The predicted octanol–water partition coefficient (Wildman–Crippen LogP) is 5.95. The Bertz CT molecular complexity index is 1630. The van der Waals surface area contributed by atoms with E-state index in [-0.39, 0.29) is 40.8 Å². The highest BCUT2D eigenvalue weighted by molar-refractivity contribution is 9.10. The van der Waals surface area contributed by atoms with Crippen molar-refractivity contribution in [2.45, 2.75) is 32.8 Å². The molecule has 0 radical (unpaired) electrons. The summed E-state index contributed by atoms with van der Waals surface area (Å²) in [6.07, 6.45) is 2.02. The number of hydrogen-bond donors (Lipinski definition) is 0. The monoisotopic (exact) mass is 579 g/mol. The topological polar surface area (TPSA) is 143 Å². The lowest BCUT2D eigenvalue weighted by Gasteiger charge is -2.14. The minimum atomic E-state index is -0.591. The number of aromatic nitrogens is 2. The standard InChI is InChI=1S/C26H22BrN5O6/c1-3-16(2)25-29-22-11-10-19(27)13-21(22)26(33)30(25)28-14-18-7-5-9-23(32(36)37)24(18)38-15-17-6-4-8-20(12-17)31(34)35/h4-14,16H,3,15H2,1-2H3/t16-/m0/s1. The van der Waals surface area contributed by atoms with Crippen LogP contribution in [0.2, 0.25) is 0 Å². The molecule has 4 rings (SSSR count). The van der Waals surface area contributed by atoms with Crippen molar-refractivity contribution in [3.05, 3.63) is 113 Å². The SMILES string of the molecule is CC[C@H](C)c1nc2ccc(Br)cc2c(=O)n1N=Cc1cccc([N+](=O)[O-])c1OCc1cccc([N+](=O)[O-])c1. The van der Waals surface area contributed by atoms with Gasteiger partial charge in [0, 0.05) is 34.2 Å². The van der Waals surface area contributed by atoms with E-state index in [1.54, 1.807) is 30.3 Å². The van der Waals surface area contributed by atoms with Crippen LogP contribution in [0, 0.1) is 20.2 Å². The Morgan fingerprint density at radius 2 is 1.87 bits per heavy atom. The van der Waals surface area contributed by atoms with Gasteiger partial charge < -0.3 is 4.74 Å². The van der Waals surface area contributed by atoms with Gasteiger partial charge in [0.1, 0.15) is 12.4 Å². The Morgan fingerprint density at radius 1 is 1.11 bits per heavy atom. The quantitative estimate of drug-likeness (QED) is 0.135. The third-order valence-corrected chi connectivity index (χ3v) is 6.42. The third-order valence-electron chi connectivity index (χ3n) is 5.92. The van der Waals surface area contributed by atoms with Crippen molar-refractivity contribution < 1.29 is 14.6 Å². The maximum Gasteiger partial charge on any atom is 0.311 e. The Morgan fingerprint density at radius 3 is 2.58 bits per heavy atom. The van der Waals surface area contributed by atoms with E-state index in [0.29, 0.717) is 33.2 Å². The molecule has 0 bridgehead atoms. The lowest BCUT2D eigenvalue weighted by Crippen LogP contribution is -2.23. The molecule has 0 spiro atoms. The number of non-ortho nitro benzene ring substituents is 1. The lowest BCUT2D eigenvalue weighted by molar-refractivity contribution is -0.386. The summed E-state index contributed by atoms with van der Waals surface area (Å²) in [5, 5.41) is 27.6. The maximum atomic E-state index is 13.4. The van der Waals surface area contributed by atoms with Gasteiger partial charge in [0.15, 0.2) is 0 Å². The van der Waals surface area contributed by atoms with Gasteiger partial charge in [0.25, 0.3) is 11.2 Å². The highest BCUT2D eigenvalue weighted by Gasteiger charge is 2.20. The number of nitro benzene ring substituents is 2. The fourth-order valence-corrected chi connectivity index (χ4v) is 4.12. The number of hydrogen-bond acceptors (Lipinski definition) is 8. The van der Waals surface area contributed by atoms with Crippen molar-refractivity contribution in [2.75, 3.05) is 0 Å². The van der Waals surface area contributed by atoms with Crippen LogP contribution in [-0.4, -0.2) is 25.7 Å². The maximum absolute atomic E-state index is 13.4. The van der Waals surface area contributed by atoms with E-state index in [1.807, 2.05) is 13.8 Å². The summed E-state index contributed by atoms with van der Waals surface area (Å²) in [6.45, 7) is 3.74. The zero-order valence-corrected chi connectivity index (χ0v) is 22.0. The van der Waals surface area contributed by atoms with Gasteiger partial charge in [-0.1, -0.05) is 48.0 Å². The molecule has 38 heavy (non-hydrogen) atoms. The van der Waals surface area contributed by atoms with Crippen LogP contribution in [0.25, 0.3) is 10.9 Å². The number of benzene rings is 3. The fourth-order valence-electron chi connectivity index (χ4n) is 3.76. The van der Waals surface area contributed by atoms with Gasteiger partial charge in [-0.15, -0.1) is 0 Å². The van der Waals surface area contributed by atoms with Crippen LogP contribution in [0.4, 0.5) is 11.4 Å². The van der Waals surface area contributed by atoms with Gasteiger partial charge in [-0.05, 0) is 36.2 Å². The number of fused-ring (bicyclic) bond motifs is 1. The molecule has 3 aromatic carbocycles. The number of nitrogens with zero attached hydrogens (tertiary/aromatic N) is 5. The number of ether oxygens (including phenoxy) is 1. The van der Waals surface area contributed by atoms with E-state index in [1.165, 1.54) is 41.2 Å². The van der Waals surface area contributed by atoms with Crippen LogP contribution in [0.1, 0.15) is 43.1 Å². The molecular formula is C26H22BrN5O6. The summed E-state index contributed by atoms with van der Waals surface area (Å²) < 4.78 is 7.70. The molecule has 0 aliphatic carbocycles. The van der Waals surface area contributed by atoms with Crippen molar-refractivity contribution in [1.29, 1.82) is 0 Å². The van der Waals surface area contributed by atoms with Crippen molar-refractivity contribution in [3.63, 3.8) is 0 Å². The van der Waals surface area contributed by atoms with E-state index in [0.717, 1.165) is 0 Å². The van der Waals surface area contributed by atoms with Gasteiger partial charge in [-0.25, -0.2) is 4.98 Å². The third kappa shape index (κ3) is 5.59. The molecule has 0 fully saturated rings. The number of nitro groups is 2. The summed E-state index contributed by atoms with van der Waals surface area (Å²) in [5.41, 5.74) is 0.432. The molecule has 0 unspecified atom stereocenters. The first-order valence-corrected chi connectivity index (χ1v) is 12.4. The van der Waals surface area contributed by atoms with Crippen LogP contribution in [-0.2, 0) is 6.61 Å². The Balaban J connectivity index is 1.78. The molecule has 0 saturated carbocycles. The molecule has 0 N–H and O–H groups in total. The van der Waals surface area contributed by atoms with Crippen molar-refractivity contribution in [2.24, 2.45) is 5.10 Å². The number of para-hydroxylation sites is 1. The zero-order chi connectivity index (χ0) is 27.4. The zero-order valence-electron chi connectivity index (χ0n) is 20.4. The van der Waals surface area contributed by atoms with E-state index in [2.05, 4.69) is 26.0 Å². The normalized spacial score (nSPS) is 12.1. The van der Waals surface area contributed by atoms with Gasteiger partial charge in [-0.2, -0.15) is 9.78 Å². The fraction of sp³-hybridized carbons (Fsp3) is 0.192. The average Bonchev–Trinajstić information content (AvgIpc) is 2.91. The van der Waals surface area contributed by atoms with Crippen LogP contribution >= 0.6 is 15.9 Å². The summed E-state index contributed by atoms with van der Waals surface area (Å²) in [6, 6.07) is 15.3. The number of rotatable bonds is 9. The highest BCUT2D eigenvalue weighted by Crippen LogP contribution is 2.31. The first-order valence-electron chi connectivity index (χ1n) is 11.6. The van der Waals surface area contributed by atoms with Crippen molar-refractivity contribution in [1.82, 2.24) is 9.66 Å². The molecule has 1 atom stereocenters. The molecule has 11 nitrogen and oxygen atoms in total.